The Kier molecular flexibility index (Phi) is 6.74. The number of anilines is 2. The SMILES string of the molecule is CCCCN(C)C(=O)c1cc(Nc2ccc(OCC)cc2)nc(C)n1. The van der Waals surface area contributed by atoms with E-state index in [9.17, 15) is 4.79 Å². The van der Waals surface area contributed by atoms with Gasteiger partial charge in [0.15, 0.2) is 0 Å². The summed E-state index contributed by atoms with van der Waals surface area (Å²) in [6.45, 7) is 7.19. The average molecular weight is 342 g/mol. The molecule has 0 fully saturated rings. The van der Waals surface area contributed by atoms with Crippen LogP contribution in [0.5, 0.6) is 5.75 Å². The van der Waals surface area contributed by atoms with Gasteiger partial charge >= 0.3 is 0 Å². The molecular formula is C19H26N4O2. The molecule has 0 saturated heterocycles. The number of unbranched alkanes of at least 4 members (excludes halogenated alkanes) is 1. The Morgan fingerprint density at radius 3 is 2.56 bits per heavy atom. The summed E-state index contributed by atoms with van der Waals surface area (Å²) >= 11 is 0. The zero-order valence-corrected chi connectivity index (χ0v) is 15.4. The largest absolute Gasteiger partial charge is 0.494 e. The van der Waals surface area contributed by atoms with Gasteiger partial charge in [0.1, 0.15) is 23.1 Å². The van der Waals surface area contributed by atoms with Crippen LogP contribution < -0.4 is 10.1 Å². The summed E-state index contributed by atoms with van der Waals surface area (Å²) in [6, 6.07) is 9.30. The molecule has 1 aromatic carbocycles. The molecular weight excluding hydrogens is 316 g/mol. The lowest BCUT2D eigenvalue weighted by Gasteiger charge is -2.17. The number of nitrogens with one attached hydrogen (secondary N) is 1. The Labute approximate surface area is 149 Å². The molecule has 1 N–H and O–H groups in total. The van der Waals surface area contributed by atoms with Crippen molar-refractivity contribution in [3.8, 4) is 5.75 Å². The third-order valence-electron chi connectivity index (χ3n) is 3.69. The maximum absolute atomic E-state index is 12.5. The van der Waals surface area contributed by atoms with E-state index in [0.29, 0.717) is 23.9 Å². The lowest BCUT2D eigenvalue weighted by atomic mass is 10.2. The smallest absolute Gasteiger partial charge is 0.272 e. The number of carbonyl (C=O) groups excluding carboxylic acids is 1. The maximum atomic E-state index is 12.5. The van der Waals surface area contributed by atoms with Crippen LogP contribution in [-0.4, -0.2) is 41.0 Å². The zero-order chi connectivity index (χ0) is 18.2. The van der Waals surface area contributed by atoms with Gasteiger partial charge in [-0.2, -0.15) is 0 Å². The standard InChI is InChI=1S/C19H26N4O2/c1-5-7-12-23(4)19(24)17-13-18(21-14(3)20-17)22-15-8-10-16(11-9-15)25-6-2/h8-11,13H,5-7,12H2,1-4H3,(H,20,21,22). The quantitative estimate of drug-likeness (QED) is 0.790. The first-order valence-electron chi connectivity index (χ1n) is 8.64. The number of hydrogen-bond acceptors (Lipinski definition) is 5. The molecule has 2 rings (SSSR count). The lowest BCUT2D eigenvalue weighted by molar-refractivity contribution is 0.0787. The van der Waals surface area contributed by atoms with Gasteiger partial charge in [0.2, 0.25) is 0 Å². The molecule has 0 saturated carbocycles. The summed E-state index contributed by atoms with van der Waals surface area (Å²) in [4.78, 5) is 22.9. The minimum absolute atomic E-state index is 0.0892. The van der Waals surface area contributed by atoms with Crippen molar-refractivity contribution in [1.82, 2.24) is 14.9 Å². The second kappa shape index (κ2) is 9.01. The summed E-state index contributed by atoms with van der Waals surface area (Å²) in [6.07, 6.45) is 2.02. The molecule has 0 unspecified atom stereocenters. The Morgan fingerprint density at radius 1 is 1.20 bits per heavy atom. The third-order valence-corrected chi connectivity index (χ3v) is 3.69. The van der Waals surface area contributed by atoms with Crippen LogP contribution in [0.4, 0.5) is 11.5 Å². The highest BCUT2D eigenvalue weighted by atomic mass is 16.5. The summed E-state index contributed by atoms with van der Waals surface area (Å²) in [5.41, 5.74) is 1.28. The van der Waals surface area contributed by atoms with Crippen LogP contribution in [0.2, 0.25) is 0 Å². The van der Waals surface area contributed by atoms with E-state index in [1.165, 1.54) is 0 Å². The molecule has 0 bridgehead atoms. The van der Waals surface area contributed by atoms with Crippen LogP contribution in [0.1, 0.15) is 43.0 Å². The number of carbonyl (C=O) groups is 1. The van der Waals surface area contributed by atoms with Crippen molar-refractivity contribution in [1.29, 1.82) is 0 Å². The highest BCUT2D eigenvalue weighted by molar-refractivity contribution is 5.93. The number of amides is 1. The van der Waals surface area contributed by atoms with E-state index >= 15 is 0 Å². The van der Waals surface area contributed by atoms with Crippen molar-refractivity contribution in [2.45, 2.75) is 33.6 Å². The molecule has 0 aliphatic carbocycles. The molecule has 0 atom stereocenters. The van der Waals surface area contributed by atoms with Crippen molar-refractivity contribution in [2.75, 3.05) is 25.5 Å². The van der Waals surface area contributed by atoms with Gasteiger partial charge in [-0.1, -0.05) is 13.3 Å². The van der Waals surface area contributed by atoms with Crippen molar-refractivity contribution in [3.63, 3.8) is 0 Å². The molecule has 0 spiro atoms. The molecule has 25 heavy (non-hydrogen) atoms. The van der Waals surface area contributed by atoms with Gasteiger partial charge in [-0.05, 0) is 44.5 Å². The van der Waals surface area contributed by atoms with Gasteiger partial charge in [0, 0.05) is 25.3 Å². The maximum Gasteiger partial charge on any atom is 0.272 e. The molecule has 1 aromatic heterocycles. The number of nitrogens with zero attached hydrogens (tertiary/aromatic N) is 3. The van der Waals surface area contributed by atoms with E-state index in [1.807, 2.05) is 31.2 Å². The Morgan fingerprint density at radius 2 is 1.92 bits per heavy atom. The molecule has 0 radical (unpaired) electrons. The molecule has 6 nitrogen and oxygen atoms in total. The average Bonchev–Trinajstić information content (AvgIpc) is 2.60. The fraction of sp³-hybridized carbons (Fsp3) is 0.421. The highest BCUT2D eigenvalue weighted by Crippen LogP contribution is 2.20. The lowest BCUT2D eigenvalue weighted by Crippen LogP contribution is -2.28. The molecule has 1 heterocycles. The second-order valence-corrected chi connectivity index (χ2v) is 5.85. The Balaban J connectivity index is 2.13. The van der Waals surface area contributed by atoms with Gasteiger partial charge in [-0.15, -0.1) is 0 Å². The first kappa shape index (κ1) is 18.7. The number of aromatic nitrogens is 2. The van der Waals surface area contributed by atoms with E-state index in [0.717, 1.165) is 30.8 Å². The Hall–Kier alpha value is -2.63. The van der Waals surface area contributed by atoms with Crippen molar-refractivity contribution in [3.05, 3.63) is 41.9 Å². The van der Waals surface area contributed by atoms with Crippen LogP contribution in [0.25, 0.3) is 0 Å². The fourth-order valence-electron chi connectivity index (χ4n) is 2.38. The number of rotatable bonds is 8. The van der Waals surface area contributed by atoms with Gasteiger partial charge < -0.3 is 15.0 Å². The van der Waals surface area contributed by atoms with Crippen LogP contribution in [0, 0.1) is 6.92 Å². The first-order valence-corrected chi connectivity index (χ1v) is 8.64. The molecule has 1 amide bonds. The third kappa shape index (κ3) is 5.45. The Bertz CT molecular complexity index is 701. The molecule has 134 valence electrons. The summed E-state index contributed by atoms with van der Waals surface area (Å²) in [7, 11) is 1.80. The van der Waals surface area contributed by atoms with E-state index < -0.39 is 0 Å². The number of hydrogen-bond donors (Lipinski definition) is 1. The van der Waals surface area contributed by atoms with Crippen LogP contribution >= 0.6 is 0 Å². The van der Waals surface area contributed by atoms with Crippen molar-refractivity contribution >= 4 is 17.4 Å². The van der Waals surface area contributed by atoms with Crippen LogP contribution in [-0.2, 0) is 0 Å². The number of ether oxygens (including phenoxy) is 1. The molecule has 0 aliphatic rings. The predicted molar refractivity (Wildman–Crippen MR) is 99.5 cm³/mol. The van der Waals surface area contributed by atoms with E-state index in [-0.39, 0.29) is 5.91 Å². The monoisotopic (exact) mass is 342 g/mol. The second-order valence-electron chi connectivity index (χ2n) is 5.85. The summed E-state index contributed by atoms with van der Waals surface area (Å²) < 4.78 is 5.44. The number of benzene rings is 1. The topological polar surface area (TPSA) is 67.4 Å². The van der Waals surface area contributed by atoms with Gasteiger partial charge in [-0.3, -0.25) is 4.79 Å². The van der Waals surface area contributed by atoms with Crippen molar-refractivity contribution in [2.24, 2.45) is 0 Å². The molecule has 2 aromatic rings. The molecule has 6 heteroatoms. The van der Waals surface area contributed by atoms with Gasteiger partial charge in [-0.25, -0.2) is 9.97 Å². The van der Waals surface area contributed by atoms with Gasteiger partial charge in [0.05, 0.1) is 6.61 Å². The minimum atomic E-state index is -0.0892. The summed E-state index contributed by atoms with van der Waals surface area (Å²) in [5, 5.41) is 3.21. The first-order chi connectivity index (χ1) is 12.0. The zero-order valence-electron chi connectivity index (χ0n) is 15.4. The molecule has 0 aliphatic heterocycles. The summed E-state index contributed by atoms with van der Waals surface area (Å²) in [5.74, 6) is 1.89. The van der Waals surface area contributed by atoms with E-state index in [4.69, 9.17) is 4.74 Å². The van der Waals surface area contributed by atoms with Crippen LogP contribution in [0.3, 0.4) is 0 Å². The van der Waals surface area contributed by atoms with E-state index in [2.05, 4.69) is 22.2 Å². The predicted octanol–water partition coefficient (Wildman–Crippen LogP) is 3.80. The van der Waals surface area contributed by atoms with Crippen LogP contribution in [0.15, 0.2) is 30.3 Å². The highest BCUT2D eigenvalue weighted by Gasteiger charge is 2.15. The minimum Gasteiger partial charge on any atom is -0.494 e. The van der Waals surface area contributed by atoms with E-state index in [1.54, 1.807) is 24.9 Å². The van der Waals surface area contributed by atoms with Gasteiger partial charge in [0.25, 0.3) is 5.91 Å². The van der Waals surface area contributed by atoms with Crippen molar-refractivity contribution < 1.29 is 9.53 Å². The number of aryl methyl sites for hydroxylation is 1. The fourth-order valence-corrected chi connectivity index (χ4v) is 2.38. The normalized spacial score (nSPS) is 10.4.